The molecule has 2 aromatic rings. The molecule has 0 bridgehead atoms. The largest absolute Gasteiger partial charge is 0.382 e. The van der Waals surface area contributed by atoms with E-state index in [0.29, 0.717) is 16.9 Å². The van der Waals surface area contributed by atoms with Crippen LogP contribution in [0.5, 0.6) is 0 Å². The fourth-order valence-corrected chi connectivity index (χ4v) is 5.15. The number of likely N-dealkylation sites (N-methyl/N-ethyl adjacent to an activating group) is 1. The Hall–Kier alpha value is -1.77. The third-order valence-electron chi connectivity index (χ3n) is 6.47. The molecule has 3 aliphatic rings. The fourth-order valence-electron chi connectivity index (χ4n) is 5.15. The van der Waals surface area contributed by atoms with Crippen LogP contribution in [-0.4, -0.2) is 74.2 Å². The quantitative estimate of drug-likeness (QED) is 0.885. The van der Waals surface area contributed by atoms with E-state index in [1.165, 1.54) is 45.2 Å². The van der Waals surface area contributed by atoms with Crippen molar-refractivity contribution in [3.8, 4) is 0 Å². The molecule has 1 spiro atoms. The monoisotopic (exact) mass is 357 g/mol. The lowest BCUT2D eigenvalue weighted by Crippen LogP contribution is -2.48. The first kappa shape index (κ1) is 16.4. The number of hydrogen-bond donors (Lipinski definition) is 1. The molecular weight excluding hydrogens is 330 g/mol. The second kappa shape index (κ2) is 6.14. The standard InChI is InChI=1S/C18H27N7O/c1-23-8-6-18(10-23)5-2-7-24(18)9-13-3-4-14(26-13)25-12-22-15-16(19)20-11-21-17(15)25/h11-14H,2-10H2,1H3,(H2,19,20,21). The molecule has 5 heterocycles. The van der Waals surface area contributed by atoms with E-state index in [4.69, 9.17) is 10.5 Å². The molecule has 3 atom stereocenters. The minimum atomic E-state index is -0.0101. The van der Waals surface area contributed by atoms with Gasteiger partial charge in [-0.25, -0.2) is 15.0 Å². The average Bonchev–Trinajstić information content (AvgIpc) is 3.38. The molecule has 3 unspecified atom stereocenters. The predicted molar refractivity (Wildman–Crippen MR) is 98.5 cm³/mol. The summed E-state index contributed by atoms with van der Waals surface area (Å²) in [6.45, 7) is 4.66. The van der Waals surface area contributed by atoms with E-state index in [1.54, 1.807) is 6.33 Å². The molecule has 2 N–H and O–H groups in total. The van der Waals surface area contributed by atoms with Gasteiger partial charge in [0.1, 0.15) is 18.1 Å². The van der Waals surface area contributed by atoms with Gasteiger partial charge in [0.25, 0.3) is 0 Å². The Morgan fingerprint density at radius 3 is 3.00 bits per heavy atom. The molecule has 3 aliphatic heterocycles. The zero-order valence-corrected chi connectivity index (χ0v) is 15.3. The maximum absolute atomic E-state index is 6.41. The van der Waals surface area contributed by atoms with E-state index in [-0.39, 0.29) is 12.3 Å². The first-order chi connectivity index (χ1) is 12.6. The predicted octanol–water partition coefficient (Wildman–Crippen LogP) is 1.26. The van der Waals surface area contributed by atoms with Crippen LogP contribution in [0.15, 0.2) is 12.7 Å². The molecule has 0 radical (unpaired) electrons. The van der Waals surface area contributed by atoms with Gasteiger partial charge in [-0.3, -0.25) is 9.47 Å². The van der Waals surface area contributed by atoms with Crippen molar-refractivity contribution in [2.75, 3.05) is 39.0 Å². The van der Waals surface area contributed by atoms with Crippen LogP contribution in [0, 0.1) is 0 Å². The number of anilines is 1. The van der Waals surface area contributed by atoms with Crippen molar-refractivity contribution < 1.29 is 4.74 Å². The zero-order valence-electron chi connectivity index (χ0n) is 15.3. The molecule has 8 nitrogen and oxygen atoms in total. The van der Waals surface area contributed by atoms with Gasteiger partial charge in [0, 0.05) is 18.6 Å². The second-order valence-corrected chi connectivity index (χ2v) is 8.13. The molecule has 0 aliphatic carbocycles. The summed E-state index contributed by atoms with van der Waals surface area (Å²) in [4.78, 5) is 17.9. The van der Waals surface area contributed by atoms with Gasteiger partial charge in [-0.2, -0.15) is 0 Å². The number of hydrogen-bond acceptors (Lipinski definition) is 7. The Morgan fingerprint density at radius 2 is 2.15 bits per heavy atom. The second-order valence-electron chi connectivity index (χ2n) is 8.13. The van der Waals surface area contributed by atoms with E-state index < -0.39 is 0 Å². The van der Waals surface area contributed by atoms with Gasteiger partial charge in [0.2, 0.25) is 0 Å². The van der Waals surface area contributed by atoms with Crippen molar-refractivity contribution >= 4 is 17.0 Å². The number of nitrogen functional groups attached to an aromatic ring is 1. The number of ether oxygens (including phenoxy) is 1. The minimum absolute atomic E-state index is 0.0101. The first-order valence-electron chi connectivity index (χ1n) is 9.67. The summed E-state index contributed by atoms with van der Waals surface area (Å²) in [7, 11) is 2.24. The van der Waals surface area contributed by atoms with Crippen LogP contribution in [0.2, 0.25) is 0 Å². The van der Waals surface area contributed by atoms with Crippen LogP contribution in [0.25, 0.3) is 11.2 Å². The summed E-state index contributed by atoms with van der Waals surface area (Å²) in [6, 6.07) is 0. The molecule has 0 amide bonds. The fraction of sp³-hybridized carbons (Fsp3) is 0.722. The van der Waals surface area contributed by atoms with E-state index >= 15 is 0 Å². The first-order valence-corrected chi connectivity index (χ1v) is 9.67. The minimum Gasteiger partial charge on any atom is -0.382 e. The summed E-state index contributed by atoms with van der Waals surface area (Å²) in [5.74, 6) is 0.424. The number of imidazole rings is 1. The topological polar surface area (TPSA) is 85.3 Å². The molecule has 3 fully saturated rings. The van der Waals surface area contributed by atoms with Crippen LogP contribution in [0.1, 0.15) is 38.3 Å². The third-order valence-corrected chi connectivity index (χ3v) is 6.47. The maximum Gasteiger partial charge on any atom is 0.167 e. The number of nitrogens with zero attached hydrogens (tertiary/aromatic N) is 6. The zero-order chi connectivity index (χ0) is 17.7. The van der Waals surface area contributed by atoms with Gasteiger partial charge in [0.15, 0.2) is 11.5 Å². The van der Waals surface area contributed by atoms with Crippen molar-refractivity contribution in [1.82, 2.24) is 29.3 Å². The highest BCUT2D eigenvalue weighted by molar-refractivity contribution is 5.81. The number of fused-ring (bicyclic) bond motifs is 1. The molecule has 8 heteroatoms. The van der Waals surface area contributed by atoms with Crippen molar-refractivity contribution in [3.63, 3.8) is 0 Å². The van der Waals surface area contributed by atoms with Gasteiger partial charge >= 0.3 is 0 Å². The summed E-state index contributed by atoms with van der Waals surface area (Å²) in [6.07, 6.45) is 9.54. The van der Waals surface area contributed by atoms with Crippen molar-refractivity contribution in [1.29, 1.82) is 0 Å². The molecule has 0 saturated carbocycles. The Balaban J connectivity index is 1.29. The maximum atomic E-state index is 6.41. The number of likely N-dealkylation sites (tertiary alicyclic amines) is 2. The summed E-state index contributed by atoms with van der Waals surface area (Å²) in [5.41, 5.74) is 7.71. The molecule has 26 heavy (non-hydrogen) atoms. The number of nitrogens with two attached hydrogens (primary N) is 1. The van der Waals surface area contributed by atoms with Gasteiger partial charge in [-0.05, 0) is 52.2 Å². The summed E-state index contributed by atoms with van der Waals surface area (Å²) < 4.78 is 8.42. The van der Waals surface area contributed by atoms with Crippen molar-refractivity contribution in [2.45, 2.75) is 50.0 Å². The van der Waals surface area contributed by atoms with E-state index in [0.717, 1.165) is 25.0 Å². The molecule has 5 rings (SSSR count). The van der Waals surface area contributed by atoms with Gasteiger partial charge < -0.3 is 15.4 Å². The lowest BCUT2D eigenvalue weighted by Gasteiger charge is -2.36. The highest BCUT2D eigenvalue weighted by atomic mass is 16.5. The lowest BCUT2D eigenvalue weighted by atomic mass is 9.95. The summed E-state index contributed by atoms with van der Waals surface area (Å²) in [5, 5.41) is 0. The molecule has 140 valence electrons. The number of aromatic nitrogens is 4. The van der Waals surface area contributed by atoms with Crippen LogP contribution in [0.4, 0.5) is 5.82 Å². The Labute approximate surface area is 153 Å². The Bertz CT molecular complexity index is 808. The molecule has 2 aromatic heterocycles. The molecule has 3 saturated heterocycles. The normalized spacial score (nSPS) is 33.1. The highest BCUT2D eigenvalue weighted by Gasteiger charge is 2.46. The summed E-state index contributed by atoms with van der Waals surface area (Å²) >= 11 is 0. The average molecular weight is 357 g/mol. The Morgan fingerprint density at radius 1 is 1.23 bits per heavy atom. The van der Waals surface area contributed by atoms with Crippen LogP contribution in [0.3, 0.4) is 0 Å². The van der Waals surface area contributed by atoms with Crippen molar-refractivity contribution in [3.05, 3.63) is 12.7 Å². The number of rotatable bonds is 3. The van der Waals surface area contributed by atoms with Gasteiger partial charge in [-0.1, -0.05) is 0 Å². The van der Waals surface area contributed by atoms with Gasteiger partial charge in [0.05, 0.1) is 12.4 Å². The molecule has 0 aromatic carbocycles. The SMILES string of the molecule is CN1CCC2(CCCN2CC2CCC(n3cnc4c(N)ncnc43)O2)C1. The third kappa shape index (κ3) is 2.59. The van der Waals surface area contributed by atoms with E-state index in [9.17, 15) is 0 Å². The van der Waals surface area contributed by atoms with Crippen LogP contribution in [-0.2, 0) is 4.74 Å². The smallest absolute Gasteiger partial charge is 0.167 e. The highest BCUT2D eigenvalue weighted by Crippen LogP contribution is 2.39. The van der Waals surface area contributed by atoms with E-state index in [2.05, 4.69) is 31.8 Å². The van der Waals surface area contributed by atoms with E-state index in [1.807, 2.05) is 4.57 Å². The van der Waals surface area contributed by atoms with Crippen molar-refractivity contribution in [2.24, 2.45) is 0 Å². The van der Waals surface area contributed by atoms with Crippen LogP contribution >= 0.6 is 0 Å². The van der Waals surface area contributed by atoms with Gasteiger partial charge in [-0.15, -0.1) is 0 Å². The Kier molecular flexibility index (Phi) is 3.88. The lowest BCUT2D eigenvalue weighted by molar-refractivity contribution is -0.0225. The van der Waals surface area contributed by atoms with Crippen LogP contribution < -0.4 is 5.73 Å². The molecular formula is C18H27N7O.